The molecular formula is C14H21ClN3O4S+. The van der Waals surface area contributed by atoms with E-state index in [0.29, 0.717) is 25.4 Å². The van der Waals surface area contributed by atoms with E-state index in [2.05, 4.69) is 5.32 Å². The van der Waals surface area contributed by atoms with Crippen LogP contribution in [0.25, 0.3) is 0 Å². The van der Waals surface area contributed by atoms with Gasteiger partial charge < -0.3 is 15.0 Å². The normalized spacial score (nSPS) is 16.5. The highest BCUT2D eigenvalue weighted by Gasteiger charge is 2.22. The predicted octanol–water partition coefficient (Wildman–Crippen LogP) is -0.556. The number of amides is 1. The van der Waals surface area contributed by atoms with Crippen molar-refractivity contribution in [3.05, 3.63) is 23.2 Å². The summed E-state index contributed by atoms with van der Waals surface area (Å²) in [6, 6.07) is 4.43. The number of sulfonamides is 1. The summed E-state index contributed by atoms with van der Waals surface area (Å²) in [6.45, 7) is 3.19. The maximum atomic E-state index is 12.2. The molecule has 1 aromatic rings. The minimum Gasteiger partial charge on any atom is -0.370 e. The maximum Gasteiger partial charge on any atom is 0.279 e. The van der Waals surface area contributed by atoms with Crippen LogP contribution in [0.15, 0.2) is 23.1 Å². The topological polar surface area (TPSA) is 80.2 Å². The van der Waals surface area contributed by atoms with Crippen molar-refractivity contribution in [3.63, 3.8) is 0 Å². The van der Waals surface area contributed by atoms with E-state index in [1.807, 2.05) is 0 Å². The lowest BCUT2D eigenvalue weighted by molar-refractivity contribution is -0.899. The van der Waals surface area contributed by atoms with Crippen LogP contribution >= 0.6 is 11.6 Å². The number of nitrogens with zero attached hydrogens (tertiary/aromatic N) is 1. The van der Waals surface area contributed by atoms with Gasteiger partial charge in [-0.1, -0.05) is 11.6 Å². The number of benzene rings is 1. The molecule has 7 nitrogen and oxygen atoms in total. The largest absolute Gasteiger partial charge is 0.370 e. The minimum atomic E-state index is -3.66. The van der Waals surface area contributed by atoms with Crippen LogP contribution in [0.2, 0.25) is 5.02 Å². The molecule has 0 spiro atoms. The third kappa shape index (κ3) is 4.65. The molecule has 1 heterocycles. The first-order chi connectivity index (χ1) is 10.8. The molecule has 0 atom stereocenters. The third-order valence-corrected chi connectivity index (χ3v) is 5.88. The Hall–Kier alpha value is -1.19. The second-order valence-electron chi connectivity index (χ2n) is 5.52. The Kier molecular flexibility index (Phi) is 5.99. The van der Waals surface area contributed by atoms with E-state index < -0.39 is 10.0 Å². The third-order valence-electron chi connectivity index (χ3n) is 3.58. The summed E-state index contributed by atoms with van der Waals surface area (Å²) in [7, 11) is -0.806. The van der Waals surface area contributed by atoms with Crippen molar-refractivity contribution in [2.45, 2.75) is 4.90 Å². The fourth-order valence-corrected chi connectivity index (χ4v) is 3.64. The fourth-order valence-electron chi connectivity index (χ4n) is 2.24. The Morgan fingerprint density at radius 1 is 1.35 bits per heavy atom. The molecule has 1 aliphatic heterocycles. The number of morpholine rings is 1. The van der Waals surface area contributed by atoms with Gasteiger partial charge in [0.25, 0.3) is 5.91 Å². The number of halogens is 1. The van der Waals surface area contributed by atoms with Crippen LogP contribution in [0.3, 0.4) is 0 Å². The van der Waals surface area contributed by atoms with Gasteiger partial charge >= 0.3 is 0 Å². The van der Waals surface area contributed by atoms with E-state index in [1.54, 1.807) is 6.07 Å². The average molecular weight is 363 g/mol. The lowest BCUT2D eigenvalue weighted by atomic mass is 10.3. The van der Waals surface area contributed by atoms with E-state index in [9.17, 15) is 13.2 Å². The van der Waals surface area contributed by atoms with Crippen molar-refractivity contribution in [3.8, 4) is 0 Å². The van der Waals surface area contributed by atoms with Crippen LogP contribution in [0, 0.1) is 0 Å². The lowest BCUT2D eigenvalue weighted by Crippen LogP contribution is -3.15. The molecule has 1 fully saturated rings. The quantitative estimate of drug-likeness (QED) is 0.736. The molecule has 2 N–H and O–H groups in total. The number of anilines is 1. The van der Waals surface area contributed by atoms with Crippen LogP contribution in [0.4, 0.5) is 5.69 Å². The van der Waals surface area contributed by atoms with Gasteiger partial charge in [-0.2, -0.15) is 0 Å². The summed E-state index contributed by atoms with van der Waals surface area (Å²) >= 11 is 5.98. The zero-order chi connectivity index (χ0) is 17.0. The van der Waals surface area contributed by atoms with Crippen LogP contribution in [-0.2, 0) is 19.6 Å². The van der Waals surface area contributed by atoms with Gasteiger partial charge in [0.1, 0.15) is 18.0 Å². The van der Waals surface area contributed by atoms with E-state index in [4.69, 9.17) is 16.3 Å². The molecule has 1 amide bonds. The molecule has 0 aromatic heterocycles. The number of carbonyl (C=O) groups is 1. The van der Waals surface area contributed by atoms with Gasteiger partial charge in [-0.25, -0.2) is 12.7 Å². The van der Waals surface area contributed by atoms with E-state index >= 15 is 0 Å². The van der Waals surface area contributed by atoms with Crippen LogP contribution in [-0.4, -0.2) is 65.6 Å². The lowest BCUT2D eigenvalue weighted by Gasteiger charge is -2.23. The Morgan fingerprint density at radius 2 is 2.00 bits per heavy atom. The van der Waals surface area contributed by atoms with Crippen molar-refractivity contribution in [1.29, 1.82) is 0 Å². The molecule has 0 radical (unpaired) electrons. The smallest absolute Gasteiger partial charge is 0.279 e. The molecule has 0 aliphatic carbocycles. The summed E-state index contributed by atoms with van der Waals surface area (Å²) in [5, 5.41) is 2.85. The first-order valence-electron chi connectivity index (χ1n) is 7.24. The van der Waals surface area contributed by atoms with Gasteiger partial charge in [0, 0.05) is 19.8 Å². The van der Waals surface area contributed by atoms with Crippen molar-refractivity contribution < 1.29 is 22.8 Å². The van der Waals surface area contributed by atoms with Crippen molar-refractivity contribution in [2.75, 3.05) is 52.3 Å². The SMILES string of the molecule is CN(C)S(=O)(=O)c1cc(NC(=O)C[NH+]2CCOCC2)ccc1Cl. The fraction of sp³-hybridized carbons (Fsp3) is 0.500. The van der Waals surface area contributed by atoms with Crippen LogP contribution in [0.1, 0.15) is 0 Å². The molecule has 128 valence electrons. The molecule has 0 saturated carbocycles. The average Bonchev–Trinajstić information content (AvgIpc) is 2.49. The second kappa shape index (κ2) is 7.59. The highest BCUT2D eigenvalue weighted by atomic mass is 35.5. The van der Waals surface area contributed by atoms with Crippen molar-refractivity contribution >= 4 is 33.2 Å². The summed E-state index contributed by atoms with van der Waals surface area (Å²) in [4.78, 5) is 13.2. The molecule has 0 unspecified atom stereocenters. The Morgan fingerprint density at radius 3 is 2.61 bits per heavy atom. The highest BCUT2D eigenvalue weighted by Crippen LogP contribution is 2.26. The molecule has 1 aliphatic rings. The number of hydrogen-bond acceptors (Lipinski definition) is 4. The maximum absolute atomic E-state index is 12.2. The number of rotatable bonds is 5. The molecule has 23 heavy (non-hydrogen) atoms. The number of hydrogen-bond donors (Lipinski definition) is 2. The molecule has 1 aromatic carbocycles. The van der Waals surface area contributed by atoms with Gasteiger partial charge in [-0.15, -0.1) is 0 Å². The van der Waals surface area contributed by atoms with E-state index in [1.165, 1.54) is 26.2 Å². The summed E-state index contributed by atoms with van der Waals surface area (Å²) in [5.41, 5.74) is 0.410. The Balaban J connectivity index is 2.10. The standard InChI is InChI=1S/C14H20ClN3O4S/c1-17(2)23(20,21)13-9-11(3-4-12(13)15)16-14(19)10-18-5-7-22-8-6-18/h3-4,9H,5-8,10H2,1-2H3,(H,16,19)/p+1. The highest BCUT2D eigenvalue weighted by molar-refractivity contribution is 7.89. The molecule has 1 saturated heterocycles. The van der Waals surface area contributed by atoms with E-state index in [0.717, 1.165) is 22.3 Å². The van der Waals surface area contributed by atoms with Gasteiger partial charge in [0.15, 0.2) is 6.54 Å². The number of quaternary nitrogens is 1. The zero-order valence-electron chi connectivity index (χ0n) is 13.1. The monoisotopic (exact) mass is 362 g/mol. The Bertz CT molecular complexity index is 673. The first-order valence-corrected chi connectivity index (χ1v) is 9.06. The minimum absolute atomic E-state index is 0.0271. The first kappa shape index (κ1) is 18.2. The number of ether oxygens (including phenoxy) is 1. The van der Waals surface area contributed by atoms with Crippen LogP contribution < -0.4 is 10.2 Å². The van der Waals surface area contributed by atoms with Crippen molar-refractivity contribution in [2.24, 2.45) is 0 Å². The second-order valence-corrected chi connectivity index (χ2v) is 8.05. The summed E-state index contributed by atoms with van der Waals surface area (Å²) in [6.07, 6.45) is 0. The number of nitrogens with one attached hydrogen (secondary N) is 2. The van der Waals surface area contributed by atoms with Gasteiger partial charge in [0.2, 0.25) is 10.0 Å². The van der Waals surface area contributed by atoms with Gasteiger partial charge in [-0.3, -0.25) is 4.79 Å². The number of carbonyl (C=O) groups excluding carboxylic acids is 1. The molecule has 2 rings (SSSR count). The van der Waals surface area contributed by atoms with Crippen molar-refractivity contribution in [1.82, 2.24) is 4.31 Å². The zero-order valence-corrected chi connectivity index (χ0v) is 14.7. The summed E-state index contributed by atoms with van der Waals surface area (Å²) < 4.78 is 30.8. The molecular weight excluding hydrogens is 342 g/mol. The van der Waals surface area contributed by atoms with Gasteiger partial charge in [0.05, 0.1) is 18.2 Å². The Labute approximate surface area is 141 Å². The van der Waals surface area contributed by atoms with E-state index in [-0.39, 0.29) is 15.8 Å². The summed E-state index contributed by atoms with van der Waals surface area (Å²) in [5.74, 6) is -0.169. The molecule has 0 bridgehead atoms. The molecule has 9 heteroatoms. The van der Waals surface area contributed by atoms with Crippen LogP contribution in [0.5, 0.6) is 0 Å². The van der Waals surface area contributed by atoms with Gasteiger partial charge in [-0.05, 0) is 18.2 Å². The predicted molar refractivity (Wildman–Crippen MR) is 87.3 cm³/mol.